The molecule has 1 aromatic carbocycles. The van der Waals surface area contributed by atoms with Crippen LogP contribution in [0.15, 0.2) is 30.3 Å². The average Bonchev–Trinajstić information content (AvgIpc) is 2.95. The zero-order chi connectivity index (χ0) is 15.0. The summed E-state index contributed by atoms with van der Waals surface area (Å²) < 4.78 is 0. The van der Waals surface area contributed by atoms with Crippen molar-refractivity contribution in [2.45, 2.75) is 32.7 Å². The highest BCUT2D eigenvalue weighted by molar-refractivity contribution is 6.02. The van der Waals surface area contributed by atoms with Crippen LogP contribution >= 0.6 is 0 Å². The molecule has 0 aliphatic carbocycles. The average molecular weight is 284 g/mol. The van der Waals surface area contributed by atoms with Gasteiger partial charge in [0, 0.05) is 18.0 Å². The Morgan fingerprint density at radius 3 is 2.86 bits per heavy atom. The zero-order valence-electron chi connectivity index (χ0n) is 12.4. The fourth-order valence-electron chi connectivity index (χ4n) is 3.26. The molecule has 0 radical (unpaired) electrons. The van der Waals surface area contributed by atoms with Crippen LogP contribution in [0.25, 0.3) is 10.9 Å². The predicted molar refractivity (Wildman–Crippen MR) is 83.9 cm³/mol. The van der Waals surface area contributed by atoms with Gasteiger partial charge in [0.05, 0.1) is 11.1 Å². The van der Waals surface area contributed by atoms with E-state index < -0.39 is 5.97 Å². The van der Waals surface area contributed by atoms with E-state index in [1.54, 1.807) is 12.1 Å². The number of carboxylic acid groups (broad SMARTS) is 1. The minimum Gasteiger partial charge on any atom is -0.478 e. The molecule has 110 valence electrons. The summed E-state index contributed by atoms with van der Waals surface area (Å²) in [5.74, 6) is 0.646. The third kappa shape index (κ3) is 2.46. The second-order valence-electron chi connectivity index (χ2n) is 5.99. The lowest BCUT2D eigenvalue weighted by Gasteiger charge is -2.28. The molecule has 1 aromatic heterocycles. The molecule has 0 spiro atoms. The van der Waals surface area contributed by atoms with Crippen molar-refractivity contribution in [3.63, 3.8) is 0 Å². The third-order valence-electron chi connectivity index (χ3n) is 4.31. The number of nitrogens with zero attached hydrogens (tertiary/aromatic N) is 2. The van der Waals surface area contributed by atoms with Crippen LogP contribution < -0.4 is 4.90 Å². The van der Waals surface area contributed by atoms with E-state index in [1.165, 1.54) is 12.8 Å². The molecule has 2 aromatic rings. The smallest absolute Gasteiger partial charge is 0.336 e. The number of rotatable bonds is 3. The van der Waals surface area contributed by atoms with Crippen LogP contribution in [0.5, 0.6) is 0 Å². The molecule has 4 heteroatoms. The number of hydrogen-bond acceptors (Lipinski definition) is 3. The number of carbonyl (C=O) groups is 1. The minimum atomic E-state index is -0.906. The van der Waals surface area contributed by atoms with E-state index in [4.69, 9.17) is 4.98 Å². The maximum Gasteiger partial charge on any atom is 0.336 e. The molecule has 4 nitrogen and oxygen atoms in total. The van der Waals surface area contributed by atoms with Crippen molar-refractivity contribution in [1.29, 1.82) is 0 Å². The van der Waals surface area contributed by atoms with Gasteiger partial charge in [-0.2, -0.15) is 0 Å². The molecule has 0 bridgehead atoms. The maximum atomic E-state index is 11.3. The number of benzene rings is 1. The van der Waals surface area contributed by atoms with E-state index in [2.05, 4.69) is 18.7 Å². The minimum absolute atomic E-state index is 0.313. The standard InChI is InChI=1S/C17H20N2O2/c1-11(2)15-7-4-10-19(15)16-9-8-12-13(17(20)21)5-3-6-14(12)18-16/h3,5-6,8-9,11,15H,4,7,10H2,1-2H3,(H,20,21). The van der Waals surface area contributed by atoms with Gasteiger partial charge in [-0.3, -0.25) is 0 Å². The summed E-state index contributed by atoms with van der Waals surface area (Å²) in [6, 6.07) is 9.63. The number of anilines is 1. The Bertz CT molecular complexity index is 682. The molecule has 2 heterocycles. The summed E-state index contributed by atoms with van der Waals surface area (Å²) in [5.41, 5.74) is 1.06. The summed E-state index contributed by atoms with van der Waals surface area (Å²) in [7, 11) is 0. The van der Waals surface area contributed by atoms with Crippen LogP contribution in [0.3, 0.4) is 0 Å². The highest BCUT2D eigenvalue weighted by Gasteiger charge is 2.28. The molecule has 1 N–H and O–H groups in total. The van der Waals surface area contributed by atoms with Gasteiger partial charge in [-0.15, -0.1) is 0 Å². The number of hydrogen-bond donors (Lipinski definition) is 1. The largest absolute Gasteiger partial charge is 0.478 e. The summed E-state index contributed by atoms with van der Waals surface area (Å²) in [6.07, 6.45) is 2.39. The van der Waals surface area contributed by atoms with Crippen molar-refractivity contribution in [3.8, 4) is 0 Å². The quantitative estimate of drug-likeness (QED) is 0.936. The first kappa shape index (κ1) is 13.9. The Hall–Kier alpha value is -2.10. The molecule has 1 unspecified atom stereocenters. The summed E-state index contributed by atoms with van der Waals surface area (Å²) >= 11 is 0. The molecule has 1 saturated heterocycles. The molecule has 1 aliphatic rings. The lowest BCUT2D eigenvalue weighted by Crippen LogP contribution is -2.33. The zero-order valence-corrected chi connectivity index (χ0v) is 12.4. The highest BCUT2D eigenvalue weighted by Crippen LogP contribution is 2.30. The molecule has 0 saturated carbocycles. The topological polar surface area (TPSA) is 53.4 Å². The Morgan fingerprint density at radius 2 is 2.14 bits per heavy atom. The Morgan fingerprint density at radius 1 is 1.33 bits per heavy atom. The fourth-order valence-corrected chi connectivity index (χ4v) is 3.26. The van der Waals surface area contributed by atoms with E-state index in [-0.39, 0.29) is 0 Å². The molecule has 21 heavy (non-hydrogen) atoms. The van der Waals surface area contributed by atoms with E-state index >= 15 is 0 Å². The summed E-state index contributed by atoms with van der Waals surface area (Å²) in [5, 5.41) is 9.94. The molecule has 3 rings (SSSR count). The van der Waals surface area contributed by atoms with Crippen molar-refractivity contribution in [3.05, 3.63) is 35.9 Å². The first-order valence-electron chi connectivity index (χ1n) is 7.47. The Kier molecular flexibility index (Phi) is 3.53. The van der Waals surface area contributed by atoms with Gasteiger partial charge in [-0.1, -0.05) is 19.9 Å². The van der Waals surface area contributed by atoms with Crippen LogP contribution in [0.1, 0.15) is 37.0 Å². The Labute approximate surface area is 124 Å². The van der Waals surface area contributed by atoms with Crippen LogP contribution in [0.4, 0.5) is 5.82 Å². The van der Waals surface area contributed by atoms with Crippen LogP contribution in [0, 0.1) is 5.92 Å². The molecule has 1 atom stereocenters. The van der Waals surface area contributed by atoms with Gasteiger partial charge >= 0.3 is 5.97 Å². The van der Waals surface area contributed by atoms with Crippen molar-refractivity contribution in [2.24, 2.45) is 5.92 Å². The fraction of sp³-hybridized carbons (Fsp3) is 0.412. The third-order valence-corrected chi connectivity index (χ3v) is 4.31. The van der Waals surface area contributed by atoms with Crippen molar-refractivity contribution >= 4 is 22.7 Å². The van der Waals surface area contributed by atoms with Gasteiger partial charge in [0.25, 0.3) is 0 Å². The van der Waals surface area contributed by atoms with E-state index in [0.717, 1.165) is 17.9 Å². The van der Waals surface area contributed by atoms with Crippen molar-refractivity contribution < 1.29 is 9.90 Å². The van der Waals surface area contributed by atoms with Gasteiger partial charge in [0.1, 0.15) is 5.82 Å². The lowest BCUT2D eigenvalue weighted by molar-refractivity contribution is 0.0699. The lowest BCUT2D eigenvalue weighted by atomic mass is 10.0. The second kappa shape index (κ2) is 5.35. The van der Waals surface area contributed by atoms with Crippen LogP contribution in [0.2, 0.25) is 0 Å². The number of pyridine rings is 1. The molecule has 1 aliphatic heterocycles. The molecular formula is C17H20N2O2. The summed E-state index contributed by atoms with van der Waals surface area (Å²) in [6.45, 7) is 5.51. The van der Waals surface area contributed by atoms with E-state index in [9.17, 15) is 9.90 Å². The van der Waals surface area contributed by atoms with E-state index in [1.807, 2.05) is 18.2 Å². The first-order valence-corrected chi connectivity index (χ1v) is 7.47. The number of aromatic carboxylic acids is 1. The highest BCUT2D eigenvalue weighted by atomic mass is 16.4. The maximum absolute atomic E-state index is 11.3. The predicted octanol–water partition coefficient (Wildman–Crippen LogP) is 3.56. The van der Waals surface area contributed by atoms with Gasteiger partial charge in [-0.05, 0) is 43.0 Å². The normalized spacial score (nSPS) is 18.6. The number of fused-ring (bicyclic) bond motifs is 1. The summed E-state index contributed by atoms with van der Waals surface area (Å²) in [4.78, 5) is 18.3. The van der Waals surface area contributed by atoms with Gasteiger partial charge < -0.3 is 10.0 Å². The monoisotopic (exact) mass is 284 g/mol. The van der Waals surface area contributed by atoms with Crippen LogP contribution in [-0.2, 0) is 0 Å². The first-order chi connectivity index (χ1) is 10.1. The Balaban J connectivity index is 2.04. The van der Waals surface area contributed by atoms with Gasteiger partial charge in [0.2, 0.25) is 0 Å². The number of aromatic nitrogens is 1. The molecule has 1 fully saturated rings. The molecular weight excluding hydrogens is 264 g/mol. The van der Waals surface area contributed by atoms with E-state index in [0.29, 0.717) is 22.9 Å². The van der Waals surface area contributed by atoms with Crippen molar-refractivity contribution in [1.82, 2.24) is 4.98 Å². The van der Waals surface area contributed by atoms with Gasteiger partial charge in [0.15, 0.2) is 0 Å². The number of carboxylic acids is 1. The second-order valence-corrected chi connectivity index (χ2v) is 5.99. The molecule has 0 amide bonds. The van der Waals surface area contributed by atoms with Crippen molar-refractivity contribution in [2.75, 3.05) is 11.4 Å². The van der Waals surface area contributed by atoms with Gasteiger partial charge in [-0.25, -0.2) is 9.78 Å². The SMILES string of the molecule is CC(C)C1CCCN1c1ccc2c(C(=O)O)cccc2n1. The van der Waals surface area contributed by atoms with Crippen LogP contribution in [-0.4, -0.2) is 28.6 Å².